The summed E-state index contributed by atoms with van der Waals surface area (Å²) in [5.41, 5.74) is 2.04. The number of benzene rings is 3. The fourth-order valence-corrected chi connectivity index (χ4v) is 6.52. The van der Waals surface area contributed by atoms with Crippen molar-refractivity contribution in [1.29, 1.82) is 0 Å². The quantitative estimate of drug-likeness (QED) is 0.337. The van der Waals surface area contributed by atoms with Crippen LogP contribution in [0, 0.1) is 0 Å². The number of sulfonamides is 1. The molecular weight excluding hydrogens is 554 g/mol. The van der Waals surface area contributed by atoms with Gasteiger partial charge in [0.1, 0.15) is 12.6 Å². The Morgan fingerprint density at radius 3 is 2.21 bits per heavy atom. The minimum atomic E-state index is -3.87. The molecule has 10 heteroatoms. The minimum Gasteiger partial charge on any atom is -0.454 e. The zero-order valence-corrected chi connectivity index (χ0v) is 24.6. The third-order valence-electron chi connectivity index (χ3n) is 7.79. The van der Waals surface area contributed by atoms with Gasteiger partial charge in [0.05, 0.1) is 11.4 Å². The monoisotopic (exact) mass is 591 g/mol. The number of carbonyl (C=O) groups excluding carboxylic acids is 2. The zero-order chi connectivity index (χ0) is 29.5. The van der Waals surface area contributed by atoms with E-state index in [0.717, 1.165) is 41.1 Å². The van der Waals surface area contributed by atoms with Gasteiger partial charge in [-0.1, -0.05) is 73.5 Å². The summed E-state index contributed by atoms with van der Waals surface area (Å²) < 4.78 is 38.7. The largest absolute Gasteiger partial charge is 0.454 e. The number of ether oxygens (including phenoxy) is 2. The third kappa shape index (κ3) is 7.05. The first-order valence-corrected chi connectivity index (χ1v) is 16.0. The molecule has 5 rings (SSSR count). The van der Waals surface area contributed by atoms with Gasteiger partial charge in [0, 0.05) is 25.1 Å². The number of hydrogen-bond acceptors (Lipinski definition) is 6. The van der Waals surface area contributed by atoms with E-state index < -0.39 is 28.5 Å². The zero-order valence-electron chi connectivity index (χ0n) is 23.8. The molecule has 1 heterocycles. The van der Waals surface area contributed by atoms with E-state index in [-0.39, 0.29) is 31.0 Å². The van der Waals surface area contributed by atoms with Crippen LogP contribution < -0.4 is 19.1 Å². The number of fused-ring (bicyclic) bond motifs is 1. The average molecular weight is 592 g/mol. The molecule has 1 saturated carbocycles. The second-order valence-corrected chi connectivity index (χ2v) is 12.8. The smallest absolute Gasteiger partial charge is 0.244 e. The number of rotatable bonds is 12. The molecule has 0 aromatic heterocycles. The van der Waals surface area contributed by atoms with Gasteiger partial charge in [0.25, 0.3) is 0 Å². The van der Waals surface area contributed by atoms with Crippen molar-refractivity contribution >= 4 is 27.5 Å². The molecule has 222 valence electrons. The van der Waals surface area contributed by atoms with Crippen molar-refractivity contribution in [3.63, 3.8) is 0 Å². The molecule has 0 spiro atoms. The molecule has 0 unspecified atom stereocenters. The van der Waals surface area contributed by atoms with Crippen LogP contribution in [0.15, 0.2) is 78.9 Å². The molecule has 0 saturated heterocycles. The Bertz CT molecular complexity index is 1480. The highest BCUT2D eigenvalue weighted by atomic mass is 32.2. The van der Waals surface area contributed by atoms with Crippen molar-refractivity contribution in [2.45, 2.75) is 57.7 Å². The molecule has 3 aromatic rings. The number of amides is 2. The van der Waals surface area contributed by atoms with Gasteiger partial charge < -0.3 is 19.7 Å². The Morgan fingerprint density at radius 2 is 1.55 bits per heavy atom. The molecule has 0 radical (unpaired) electrons. The molecule has 1 N–H and O–H groups in total. The molecule has 3 aromatic carbocycles. The number of nitrogens with one attached hydrogen (secondary N) is 1. The summed E-state index contributed by atoms with van der Waals surface area (Å²) in [6.07, 6.45) is 4.22. The van der Waals surface area contributed by atoms with E-state index in [1.807, 2.05) is 60.7 Å². The second kappa shape index (κ2) is 13.3. The van der Waals surface area contributed by atoms with E-state index in [1.54, 1.807) is 18.2 Å². The molecule has 1 atom stereocenters. The first kappa shape index (κ1) is 29.4. The maximum absolute atomic E-state index is 14.3. The van der Waals surface area contributed by atoms with E-state index in [4.69, 9.17) is 9.47 Å². The van der Waals surface area contributed by atoms with Crippen LogP contribution in [0.3, 0.4) is 0 Å². The third-order valence-corrected chi connectivity index (χ3v) is 9.53. The molecule has 1 aliphatic heterocycles. The molecular formula is C32H37N3O6S. The van der Waals surface area contributed by atoms with Gasteiger partial charge in [-0.15, -0.1) is 0 Å². The summed E-state index contributed by atoms with van der Waals surface area (Å²) in [6, 6.07) is 23.0. The lowest BCUT2D eigenvalue weighted by molar-refractivity contribution is -0.140. The van der Waals surface area contributed by atoms with Gasteiger partial charge in [0.15, 0.2) is 11.5 Å². The number of nitrogens with zero attached hydrogens (tertiary/aromatic N) is 2. The van der Waals surface area contributed by atoms with Crippen LogP contribution >= 0.6 is 0 Å². The highest BCUT2D eigenvalue weighted by molar-refractivity contribution is 7.92. The summed E-state index contributed by atoms with van der Waals surface area (Å²) in [5.74, 6) is 0.00807. The Kier molecular flexibility index (Phi) is 9.31. The van der Waals surface area contributed by atoms with Crippen LogP contribution in [0.2, 0.25) is 0 Å². The van der Waals surface area contributed by atoms with Crippen molar-refractivity contribution in [2.24, 2.45) is 0 Å². The van der Waals surface area contributed by atoms with Gasteiger partial charge in [-0.3, -0.25) is 13.9 Å². The van der Waals surface area contributed by atoms with Crippen molar-refractivity contribution in [3.8, 4) is 11.5 Å². The lowest BCUT2D eigenvalue weighted by atomic mass is 10.0. The van der Waals surface area contributed by atoms with E-state index in [0.29, 0.717) is 23.6 Å². The van der Waals surface area contributed by atoms with Crippen molar-refractivity contribution in [1.82, 2.24) is 10.2 Å². The van der Waals surface area contributed by atoms with E-state index in [1.165, 1.54) is 11.8 Å². The van der Waals surface area contributed by atoms with Crippen LogP contribution in [0.25, 0.3) is 0 Å². The maximum Gasteiger partial charge on any atom is 0.244 e. The summed E-state index contributed by atoms with van der Waals surface area (Å²) in [6.45, 7) is 1.26. The topological polar surface area (TPSA) is 105 Å². The first-order valence-electron chi connectivity index (χ1n) is 14.4. The first-order chi connectivity index (χ1) is 20.3. The number of anilines is 1. The van der Waals surface area contributed by atoms with E-state index in [2.05, 4.69) is 5.32 Å². The molecule has 1 fully saturated rings. The lowest BCUT2D eigenvalue weighted by Gasteiger charge is -2.34. The van der Waals surface area contributed by atoms with E-state index >= 15 is 0 Å². The maximum atomic E-state index is 14.3. The highest BCUT2D eigenvalue weighted by Gasteiger charge is 2.35. The Labute approximate surface area is 247 Å². The fourth-order valence-electron chi connectivity index (χ4n) is 5.46. The van der Waals surface area contributed by atoms with Crippen LogP contribution in [0.4, 0.5) is 5.69 Å². The van der Waals surface area contributed by atoms with E-state index in [9.17, 15) is 18.0 Å². The molecule has 0 bridgehead atoms. The fraction of sp³-hybridized carbons (Fsp3) is 0.375. The van der Waals surface area contributed by atoms with Crippen molar-refractivity contribution in [2.75, 3.05) is 23.4 Å². The van der Waals surface area contributed by atoms with Crippen LogP contribution in [-0.4, -0.2) is 56.3 Å². The molecule has 42 heavy (non-hydrogen) atoms. The van der Waals surface area contributed by atoms with Crippen LogP contribution in [0.5, 0.6) is 11.5 Å². The molecule has 2 amide bonds. The van der Waals surface area contributed by atoms with Crippen molar-refractivity contribution < 1.29 is 27.5 Å². The normalized spacial score (nSPS) is 15.3. The Balaban J connectivity index is 1.50. The number of hydrogen-bond donors (Lipinski definition) is 1. The summed E-state index contributed by atoms with van der Waals surface area (Å²) in [5, 5.41) is 3.18. The second-order valence-electron chi connectivity index (χ2n) is 10.6. The predicted octanol–water partition coefficient (Wildman–Crippen LogP) is 4.27. The standard InChI is InChI=1S/C32H37N3O6S/c1-2-42(38,39)35(27-17-18-29-30(20-27)41-23-40-29)22-31(36)34(21-25-13-7-4-8-14-25)28(19-24-11-5-3-6-12-24)32(37)33-26-15-9-10-16-26/h3-8,11-14,17-18,20,26,28H,2,9-10,15-16,19,21-23H2,1H3,(H,33,37)/t28-/m0/s1. The molecule has 1 aliphatic carbocycles. The van der Waals surface area contributed by atoms with Gasteiger partial charge in [-0.25, -0.2) is 8.42 Å². The van der Waals surface area contributed by atoms with Gasteiger partial charge >= 0.3 is 0 Å². The van der Waals surface area contributed by atoms with Crippen molar-refractivity contribution in [3.05, 3.63) is 90.0 Å². The lowest BCUT2D eigenvalue weighted by Crippen LogP contribution is -2.54. The molecule has 9 nitrogen and oxygen atoms in total. The Morgan fingerprint density at radius 1 is 0.905 bits per heavy atom. The number of carbonyl (C=O) groups is 2. The van der Waals surface area contributed by atoms with Crippen LogP contribution in [-0.2, 0) is 32.6 Å². The minimum absolute atomic E-state index is 0.0420. The molecule has 2 aliphatic rings. The Hall–Kier alpha value is -4.05. The highest BCUT2D eigenvalue weighted by Crippen LogP contribution is 2.36. The van der Waals surface area contributed by atoms with Crippen LogP contribution in [0.1, 0.15) is 43.7 Å². The summed E-state index contributed by atoms with van der Waals surface area (Å²) in [7, 11) is -3.87. The van der Waals surface area contributed by atoms with Gasteiger partial charge in [-0.05, 0) is 43.0 Å². The van der Waals surface area contributed by atoms with Gasteiger partial charge in [0.2, 0.25) is 28.6 Å². The average Bonchev–Trinajstić information content (AvgIpc) is 3.70. The SMILES string of the molecule is CCS(=O)(=O)N(CC(=O)N(Cc1ccccc1)[C@@H](Cc1ccccc1)C(=O)NC1CCCC1)c1ccc2c(c1)OCO2. The summed E-state index contributed by atoms with van der Waals surface area (Å²) in [4.78, 5) is 29.7. The van der Waals surface area contributed by atoms with Gasteiger partial charge in [-0.2, -0.15) is 0 Å². The predicted molar refractivity (Wildman–Crippen MR) is 161 cm³/mol. The summed E-state index contributed by atoms with van der Waals surface area (Å²) >= 11 is 0.